The summed E-state index contributed by atoms with van der Waals surface area (Å²) >= 11 is 12.0. The van der Waals surface area contributed by atoms with Gasteiger partial charge in [0.25, 0.3) is 11.3 Å². The number of nitrogens with two attached hydrogens (primary N) is 2. The van der Waals surface area contributed by atoms with Crippen molar-refractivity contribution >= 4 is 34.6 Å². The Morgan fingerprint density at radius 2 is 0.607 bits per heavy atom. The lowest BCUT2D eigenvalue weighted by Gasteiger charge is -2.35. The second kappa shape index (κ2) is 16.2. The monoisotopic (exact) mass is 904 g/mol. The van der Waals surface area contributed by atoms with Crippen LogP contribution in [0.15, 0.2) is 133 Å². The highest BCUT2D eigenvalue weighted by molar-refractivity contribution is 6.32. The third-order valence-corrected chi connectivity index (χ3v) is 9.78. The van der Waals surface area contributed by atoms with Crippen LogP contribution in [0.2, 0.25) is 10.0 Å². The Balaban J connectivity index is 1.20. The minimum Gasteiger partial charge on any atom is -0.457 e. The molecule has 0 fully saturated rings. The number of halogens is 14. The van der Waals surface area contributed by atoms with Gasteiger partial charge in [0.2, 0.25) is 0 Å². The van der Waals surface area contributed by atoms with E-state index in [0.29, 0.717) is 72.8 Å². The number of nitrogen functional groups attached to an aromatic ring is 2. The largest absolute Gasteiger partial charge is 0.457 e. The molecule has 0 aliphatic carbocycles. The van der Waals surface area contributed by atoms with Crippen molar-refractivity contribution in [2.24, 2.45) is 0 Å². The fraction of sp³-hybridized carbons (Fsp3) is 0.143. The standard InChI is InChI=1S/C42H26Cl2F12N2O3/c43-33-21-27(57)9-19-35(33)60-31-15-5-25(6-16-31)39(47,48)37(45,41(51,52)53)23-1-11-29(12-2-23)59-30-13-3-24(4-14-30)38(46,42(54,55)56)40(49,50)26-7-17-32(18-8-26)61-36-20-10-28(58)22-34(36)44/h1-22H,57-58H2. The smallest absolute Gasteiger partial charge is 0.433 e. The molecule has 0 aliphatic rings. The molecule has 0 aromatic heterocycles. The van der Waals surface area contributed by atoms with Gasteiger partial charge in [0.1, 0.15) is 34.5 Å². The summed E-state index contributed by atoms with van der Waals surface area (Å²) in [7, 11) is 0. The van der Waals surface area contributed by atoms with Gasteiger partial charge in [-0.2, -0.15) is 43.9 Å². The molecule has 320 valence electrons. The molecule has 0 radical (unpaired) electrons. The first-order chi connectivity index (χ1) is 28.4. The van der Waals surface area contributed by atoms with Crippen LogP contribution in [0.25, 0.3) is 0 Å². The van der Waals surface area contributed by atoms with E-state index in [0.717, 1.165) is 24.3 Å². The van der Waals surface area contributed by atoms with Gasteiger partial charge in [-0.1, -0.05) is 47.5 Å². The minimum atomic E-state index is -6.21. The van der Waals surface area contributed by atoms with Crippen molar-refractivity contribution in [3.8, 4) is 34.5 Å². The Kier molecular flexibility index (Phi) is 11.8. The normalized spacial score (nSPS) is 14.5. The van der Waals surface area contributed by atoms with E-state index >= 15 is 26.3 Å². The van der Waals surface area contributed by atoms with Crippen molar-refractivity contribution in [1.29, 1.82) is 0 Å². The van der Waals surface area contributed by atoms with Gasteiger partial charge >= 0.3 is 24.2 Å². The Labute approximate surface area is 348 Å². The summed E-state index contributed by atoms with van der Waals surface area (Å²) in [6, 6.07) is 17.7. The van der Waals surface area contributed by atoms with Crippen LogP contribution in [0.1, 0.15) is 22.3 Å². The van der Waals surface area contributed by atoms with E-state index in [4.69, 9.17) is 48.9 Å². The molecular formula is C42H26Cl2F12N2O3. The van der Waals surface area contributed by atoms with E-state index < -0.39 is 69.3 Å². The molecule has 0 saturated heterocycles. The average Bonchev–Trinajstić information content (AvgIpc) is 3.19. The number of rotatable bonds is 12. The number of anilines is 2. The van der Waals surface area contributed by atoms with Gasteiger partial charge < -0.3 is 25.7 Å². The van der Waals surface area contributed by atoms with Gasteiger partial charge in [-0.25, -0.2) is 8.78 Å². The van der Waals surface area contributed by atoms with Crippen LogP contribution in [-0.2, 0) is 23.2 Å². The number of hydrogen-bond donors (Lipinski definition) is 2. The molecule has 5 nitrogen and oxygen atoms in total. The highest BCUT2D eigenvalue weighted by atomic mass is 35.5. The fourth-order valence-corrected chi connectivity index (χ4v) is 6.46. The van der Waals surface area contributed by atoms with E-state index in [1.165, 1.54) is 36.4 Å². The molecule has 0 aliphatic heterocycles. The summed E-state index contributed by atoms with van der Waals surface area (Å²) in [6.45, 7) is 0. The summed E-state index contributed by atoms with van der Waals surface area (Å²) in [6.07, 6.45) is -12.4. The maximum absolute atomic E-state index is 16.0. The summed E-state index contributed by atoms with van der Waals surface area (Å²) in [5.74, 6) is -11.6. The van der Waals surface area contributed by atoms with Crippen LogP contribution < -0.4 is 25.7 Å². The predicted molar refractivity (Wildman–Crippen MR) is 203 cm³/mol. The molecule has 61 heavy (non-hydrogen) atoms. The zero-order valence-electron chi connectivity index (χ0n) is 30.4. The zero-order chi connectivity index (χ0) is 44.8. The maximum Gasteiger partial charge on any atom is 0.433 e. The quantitative estimate of drug-likeness (QED) is 0.0945. The molecule has 0 spiro atoms. The molecule has 0 amide bonds. The molecular weight excluding hydrogens is 879 g/mol. The molecule has 4 N–H and O–H groups in total. The molecule has 0 saturated carbocycles. The van der Waals surface area contributed by atoms with Crippen LogP contribution in [0.4, 0.5) is 64.1 Å². The van der Waals surface area contributed by atoms with Gasteiger partial charge in [-0.15, -0.1) is 0 Å². The van der Waals surface area contributed by atoms with E-state index in [2.05, 4.69) is 0 Å². The van der Waals surface area contributed by atoms with Crippen LogP contribution >= 0.6 is 23.2 Å². The highest BCUT2D eigenvalue weighted by Crippen LogP contribution is 2.59. The second-order valence-electron chi connectivity index (χ2n) is 13.2. The Hall–Kier alpha value is -5.94. The third kappa shape index (κ3) is 8.40. The van der Waals surface area contributed by atoms with E-state index in [-0.39, 0.29) is 44.4 Å². The average molecular weight is 906 g/mol. The highest BCUT2D eigenvalue weighted by Gasteiger charge is 2.73. The molecule has 2 unspecified atom stereocenters. The first-order valence-corrected chi connectivity index (χ1v) is 18.0. The molecule has 2 atom stereocenters. The van der Waals surface area contributed by atoms with Crippen molar-refractivity contribution < 1.29 is 66.9 Å². The third-order valence-electron chi connectivity index (χ3n) is 9.19. The van der Waals surface area contributed by atoms with Crippen molar-refractivity contribution in [3.63, 3.8) is 0 Å². The van der Waals surface area contributed by atoms with Crippen molar-refractivity contribution in [1.82, 2.24) is 0 Å². The summed E-state index contributed by atoms with van der Waals surface area (Å²) in [5, 5.41) is 0.0746. The summed E-state index contributed by atoms with van der Waals surface area (Å²) < 4.78 is 197. The molecule has 0 heterocycles. The number of hydrogen-bond acceptors (Lipinski definition) is 5. The zero-order valence-corrected chi connectivity index (χ0v) is 31.9. The molecule has 19 heteroatoms. The summed E-state index contributed by atoms with van der Waals surface area (Å²) in [5.41, 5.74) is -4.78. The van der Waals surface area contributed by atoms with E-state index in [1.54, 1.807) is 0 Å². The van der Waals surface area contributed by atoms with Gasteiger partial charge in [0.15, 0.2) is 0 Å². The molecule has 6 aromatic carbocycles. The lowest BCUT2D eigenvalue weighted by molar-refractivity contribution is -0.315. The van der Waals surface area contributed by atoms with Crippen molar-refractivity contribution in [2.45, 2.75) is 35.5 Å². The van der Waals surface area contributed by atoms with Crippen LogP contribution in [0.3, 0.4) is 0 Å². The van der Waals surface area contributed by atoms with Gasteiger partial charge in [0.05, 0.1) is 10.0 Å². The topological polar surface area (TPSA) is 79.7 Å². The van der Waals surface area contributed by atoms with Crippen molar-refractivity contribution in [2.75, 3.05) is 11.5 Å². The minimum absolute atomic E-state index is 0.0364. The number of benzene rings is 6. The van der Waals surface area contributed by atoms with Crippen LogP contribution in [0, 0.1) is 0 Å². The van der Waals surface area contributed by atoms with Gasteiger partial charge in [-0.05, 0) is 109 Å². The Morgan fingerprint density at radius 3 is 0.869 bits per heavy atom. The first-order valence-electron chi connectivity index (χ1n) is 17.2. The van der Waals surface area contributed by atoms with Crippen molar-refractivity contribution in [3.05, 3.63) is 166 Å². The summed E-state index contributed by atoms with van der Waals surface area (Å²) in [4.78, 5) is 0. The molecule has 0 bridgehead atoms. The lowest BCUT2D eigenvalue weighted by Crippen LogP contribution is -2.51. The van der Waals surface area contributed by atoms with Gasteiger partial charge in [0, 0.05) is 33.6 Å². The van der Waals surface area contributed by atoms with Gasteiger partial charge in [-0.3, -0.25) is 0 Å². The maximum atomic E-state index is 16.0. The second-order valence-corrected chi connectivity index (χ2v) is 14.1. The first kappa shape index (κ1) is 44.6. The SMILES string of the molecule is Nc1ccc(Oc2ccc(C(F)(F)C(F)(c3ccc(Oc4ccc(C(F)(C(F)(F)F)C(F)(F)c5ccc(Oc6ccc(N)cc6Cl)cc5)cc4)cc3)C(F)(F)F)cc2)c(Cl)c1. The Morgan fingerprint density at radius 1 is 0.344 bits per heavy atom. The predicted octanol–water partition coefficient (Wildman–Crippen LogP) is 14.6. The van der Waals surface area contributed by atoms with E-state index in [9.17, 15) is 26.3 Å². The van der Waals surface area contributed by atoms with Crippen LogP contribution in [-0.4, -0.2) is 12.4 Å². The molecule has 6 rings (SSSR count). The van der Waals surface area contributed by atoms with Crippen LogP contribution in [0.5, 0.6) is 34.5 Å². The fourth-order valence-electron chi connectivity index (χ4n) is 6.00. The Bertz CT molecular complexity index is 2330. The van der Waals surface area contributed by atoms with E-state index in [1.807, 2.05) is 0 Å². The number of alkyl halides is 12. The lowest BCUT2D eigenvalue weighted by atomic mass is 9.84. The number of ether oxygens (including phenoxy) is 3. The molecule has 6 aromatic rings.